The molecule has 3 aromatic rings. The number of amides is 1. The molecule has 166 valence electrons. The summed E-state index contributed by atoms with van der Waals surface area (Å²) in [5.41, 5.74) is 3.47. The van der Waals surface area contributed by atoms with Crippen molar-refractivity contribution < 1.29 is 4.79 Å². The van der Waals surface area contributed by atoms with Gasteiger partial charge in [0.25, 0.3) is 0 Å². The molecule has 1 unspecified atom stereocenters. The van der Waals surface area contributed by atoms with Gasteiger partial charge in [0, 0.05) is 43.3 Å². The van der Waals surface area contributed by atoms with Crippen LogP contribution < -0.4 is 5.32 Å². The SMILES string of the molecule is Cc1cc(C)nc(Nc2cc(C3CCCCN3C(=O)C=Cc3ccnn3C)nc(C)n2)n1. The molecule has 0 saturated carbocycles. The Hall–Kier alpha value is -3.62. The number of piperidine rings is 1. The predicted molar refractivity (Wildman–Crippen MR) is 122 cm³/mol. The average Bonchev–Trinajstić information content (AvgIpc) is 3.15. The highest BCUT2D eigenvalue weighted by Crippen LogP contribution is 2.31. The van der Waals surface area contributed by atoms with Crippen molar-refractivity contribution in [3.05, 3.63) is 59.1 Å². The smallest absolute Gasteiger partial charge is 0.247 e. The zero-order valence-corrected chi connectivity index (χ0v) is 18.9. The summed E-state index contributed by atoms with van der Waals surface area (Å²) in [6.07, 6.45) is 8.02. The third-order valence-corrected chi connectivity index (χ3v) is 5.46. The molecule has 0 aromatic carbocycles. The molecule has 1 saturated heterocycles. The first-order valence-corrected chi connectivity index (χ1v) is 10.8. The average molecular weight is 433 g/mol. The lowest BCUT2D eigenvalue weighted by atomic mass is 9.98. The monoisotopic (exact) mass is 432 g/mol. The fourth-order valence-electron chi connectivity index (χ4n) is 4.02. The Morgan fingerprint density at radius 3 is 2.59 bits per heavy atom. The van der Waals surface area contributed by atoms with Gasteiger partial charge in [-0.25, -0.2) is 19.9 Å². The van der Waals surface area contributed by atoms with E-state index in [4.69, 9.17) is 0 Å². The summed E-state index contributed by atoms with van der Waals surface area (Å²) in [5.74, 6) is 1.74. The summed E-state index contributed by atoms with van der Waals surface area (Å²) in [5, 5.41) is 7.34. The number of hydrogen-bond donors (Lipinski definition) is 1. The van der Waals surface area contributed by atoms with Crippen LogP contribution in [0.3, 0.4) is 0 Å². The number of carbonyl (C=O) groups excluding carboxylic acids is 1. The Labute approximate surface area is 187 Å². The van der Waals surface area contributed by atoms with E-state index < -0.39 is 0 Å². The lowest BCUT2D eigenvalue weighted by molar-refractivity contribution is -0.129. The van der Waals surface area contributed by atoms with E-state index in [1.54, 1.807) is 23.0 Å². The largest absolute Gasteiger partial charge is 0.331 e. The van der Waals surface area contributed by atoms with Gasteiger partial charge >= 0.3 is 0 Å². The quantitative estimate of drug-likeness (QED) is 0.616. The predicted octanol–water partition coefficient (Wildman–Crippen LogP) is 3.44. The van der Waals surface area contributed by atoms with E-state index in [1.165, 1.54) is 0 Å². The van der Waals surface area contributed by atoms with Gasteiger partial charge in [-0.3, -0.25) is 9.48 Å². The van der Waals surface area contributed by atoms with E-state index in [0.717, 1.165) is 42.0 Å². The number of rotatable bonds is 5. The molecule has 1 aliphatic rings. The molecule has 9 heteroatoms. The number of aryl methyl sites for hydroxylation is 4. The standard InChI is InChI=1S/C23H28N8O/c1-15-13-16(2)26-23(25-15)29-21-14-19(27-17(3)28-21)20-7-5-6-12-31(20)22(32)9-8-18-10-11-24-30(18)4/h8-11,13-14,20H,5-7,12H2,1-4H3,(H,25,26,27,28,29). The molecule has 32 heavy (non-hydrogen) atoms. The van der Waals surface area contributed by atoms with E-state index in [9.17, 15) is 4.79 Å². The zero-order chi connectivity index (χ0) is 22.7. The lowest BCUT2D eigenvalue weighted by Gasteiger charge is -2.35. The van der Waals surface area contributed by atoms with Crippen molar-refractivity contribution >= 4 is 23.7 Å². The minimum Gasteiger partial charge on any atom is -0.331 e. The van der Waals surface area contributed by atoms with Gasteiger partial charge in [0.2, 0.25) is 11.9 Å². The number of likely N-dealkylation sites (tertiary alicyclic amines) is 1. The Balaban J connectivity index is 1.58. The van der Waals surface area contributed by atoms with Crippen molar-refractivity contribution in [1.29, 1.82) is 0 Å². The minimum absolute atomic E-state index is 0.0284. The zero-order valence-electron chi connectivity index (χ0n) is 18.9. The Morgan fingerprint density at radius 1 is 1.09 bits per heavy atom. The van der Waals surface area contributed by atoms with E-state index in [2.05, 4.69) is 30.4 Å². The molecule has 4 heterocycles. The van der Waals surface area contributed by atoms with Crippen LogP contribution in [0.4, 0.5) is 11.8 Å². The highest BCUT2D eigenvalue weighted by Gasteiger charge is 2.28. The van der Waals surface area contributed by atoms with Crippen LogP contribution in [0.1, 0.15) is 53.9 Å². The molecule has 1 amide bonds. The normalized spacial score (nSPS) is 16.5. The highest BCUT2D eigenvalue weighted by molar-refractivity contribution is 5.91. The van der Waals surface area contributed by atoms with Crippen molar-refractivity contribution in [2.24, 2.45) is 7.05 Å². The number of nitrogens with zero attached hydrogens (tertiary/aromatic N) is 7. The first kappa shape index (κ1) is 21.6. The molecule has 0 radical (unpaired) electrons. The molecule has 0 aliphatic carbocycles. The fraction of sp³-hybridized carbons (Fsp3) is 0.391. The third-order valence-electron chi connectivity index (χ3n) is 5.46. The van der Waals surface area contributed by atoms with Gasteiger partial charge in [-0.1, -0.05) is 0 Å². The van der Waals surface area contributed by atoms with Gasteiger partial charge in [-0.15, -0.1) is 0 Å². The van der Waals surface area contributed by atoms with Crippen LogP contribution in [0, 0.1) is 20.8 Å². The Kier molecular flexibility index (Phi) is 6.25. The number of carbonyl (C=O) groups is 1. The van der Waals surface area contributed by atoms with Crippen LogP contribution in [0.15, 0.2) is 30.5 Å². The first-order chi connectivity index (χ1) is 15.4. The highest BCUT2D eigenvalue weighted by atomic mass is 16.2. The number of anilines is 2. The van der Waals surface area contributed by atoms with E-state index in [0.29, 0.717) is 24.1 Å². The fourth-order valence-corrected chi connectivity index (χ4v) is 4.02. The van der Waals surface area contributed by atoms with Crippen molar-refractivity contribution in [2.75, 3.05) is 11.9 Å². The molecule has 0 spiro atoms. The summed E-state index contributed by atoms with van der Waals surface area (Å²) >= 11 is 0. The van der Waals surface area contributed by atoms with Crippen molar-refractivity contribution in [3.8, 4) is 0 Å². The number of aromatic nitrogens is 6. The Morgan fingerprint density at radius 2 is 1.88 bits per heavy atom. The van der Waals surface area contributed by atoms with E-state index >= 15 is 0 Å². The van der Waals surface area contributed by atoms with Crippen LogP contribution in [0.25, 0.3) is 6.08 Å². The first-order valence-electron chi connectivity index (χ1n) is 10.8. The molecular weight excluding hydrogens is 404 g/mol. The second-order valence-corrected chi connectivity index (χ2v) is 8.08. The van der Waals surface area contributed by atoms with Crippen LogP contribution >= 0.6 is 0 Å². The summed E-state index contributed by atoms with van der Waals surface area (Å²) < 4.78 is 1.73. The minimum atomic E-state index is -0.102. The number of hydrogen-bond acceptors (Lipinski definition) is 7. The van der Waals surface area contributed by atoms with Gasteiger partial charge in [-0.2, -0.15) is 5.10 Å². The topological polar surface area (TPSA) is 102 Å². The van der Waals surface area contributed by atoms with Crippen molar-refractivity contribution in [1.82, 2.24) is 34.6 Å². The van der Waals surface area contributed by atoms with Gasteiger partial charge in [0.15, 0.2) is 0 Å². The van der Waals surface area contributed by atoms with Gasteiger partial charge in [0.1, 0.15) is 11.6 Å². The van der Waals surface area contributed by atoms with E-state index in [1.807, 2.05) is 50.9 Å². The molecule has 1 atom stereocenters. The molecule has 1 fully saturated rings. The molecule has 1 aliphatic heterocycles. The maximum Gasteiger partial charge on any atom is 0.247 e. The summed E-state index contributed by atoms with van der Waals surface area (Å²) in [4.78, 5) is 33.0. The molecule has 1 N–H and O–H groups in total. The maximum atomic E-state index is 13.1. The van der Waals surface area contributed by atoms with Crippen molar-refractivity contribution in [2.45, 2.75) is 46.1 Å². The summed E-state index contributed by atoms with van der Waals surface area (Å²) in [6, 6.07) is 5.59. The molecule has 3 aromatic heterocycles. The molecule has 9 nitrogen and oxygen atoms in total. The van der Waals surface area contributed by atoms with Gasteiger partial charge < -0.3 is 10.2 Å². The number of nitrogens with one attached hydrogen (secondary N) is 1. The van der Waals surface area contributed by atoms with Crippen molar-refractivity contribution in [3.63, 3.8) is 0 Å². The van der Waals surface area contributed by atoms with Gasteiger partial charge in [0.05, 0.1) is 17.4 Å². The third kappa shape index (κ3) is 4.99. The van der Waals surface area contributed by atoms with E-state index in [-0.39, 0.29) is 11.9 Å². The second-order valence-electron chi connectivity index (χ2n) is 8.08. The van der Waals surface area contributed by atoms with Crippen LogP contribution in [0.5, 0.6) is 0 Å². The maximum absolute atomic E-state index is 13.1. The Bertz CT molecular complexity index is 1130. The molecule has 0 bridgehead atoms. The summed E-state index contributed by atoms with van der Waals surface area (Å²) in [7, 11) is 1.85. The summed E-state index contributed by atoms with van der Waals surface area (Å²) in [6.45, 7) is 6.42. The van der Waals surface area contributed by atoms with Crippen LogP contribution in [-0.4, -0.2) is 47.1 Å². The second kappa shape index (κ2) is 9.25. The van der Waals surface area contributed by atoms with Crippen LogP contribution in [-0.2, 0) is 11.8 Å². The molecular formula is C23H28N8O. The lowest BCUT2D eigenvalue weighted by Crippen LogP contribution is -2.38. The van der Waals surface area contributed by atoms with Crippen LogP contribution in [0.2, 0.25) is 0 Å². The van der Waals surface area contributed by atoms with Gasteiger partial charge in [-0.05, 0) is 58.2 Å². The molecule has 4 rings (SSSR count).